The van der Waals surface area contributed by atoms with Crippen LogP contribution in [0.4, 0.5) is 0 Å². The lowest BCUT2D eigenvalue weighted by atomic mass is 10.1. The molecule has 23 heavy (non-hydrogen) atoms. The average Bonchev–Trinajstić information content (AvgIpc) is 3.22. The lowest BCUT2D eigenvalue weighted by molar-refractivity contribution is 0.0706. The van der Waals surface area contributed by atoms with E-state index in [9.17, 15) is 4.79 Å². The van der Waals surface area contributed by atoms with Gasteiger partial charge >= 0.3 is 0 Å². The molecule has 1 aliphatic rings. The fourth-order valence-electron chi connectivity index (χ4n) is 2.97. The van der Waals surface area contributed by atoms with Crippen LogP contribution in [0.1, 0.15) is 21.7 Å². The summed E-state index contributed by atoms with van der Waals surface area (Å²) >= 11 is 0. The zero-order valence-corrected chi connectivity index (χ0v) is 12.9. The van der Waals surface area contributed by atoms with E-state index in [4.69, 9.17) is 0 Å². The quantitative estimate of drug-likeness (QED) is 0.789. The number of aromatic nitrogens is 4. The number of hydrogen-bond acceptors (Lipinski definition) is 3. The van der Waals surface area contributed by atoms with E-state index in [0.29, 0.717) is 18.7 Å². The van der Waals surface area contributed by atoms with Crippen LogP contribution in [-0.2, 0) is 13.1 Å². The fraction of sp³-hybridized carbons (Fsp3) is 0.235. The van der Waals surface area contributed by atoms with Crippen LogP contribution in [0.3, 0.4) is 0 Å². The summed E-state index contributed by atoms with van der Waals surface area (Å²) in [6.45, 7) is 4.03. The Kier molecular flexibility index (Phi) is 3.22. The summed E-state index contributed by atoms with van der Waals surface area (Å²) in [4.78, 5) is 14.6. The van der Waals surface area contributed by atoms with Crippen molar-refractivity contribution in [1.82, 2.24) is 24.9 Å². The van der Waals surface area contributed by atoms with Gasteiger partial charge in [0.15, 0.2) is 0 Å². The molecule has 1 aromatic carbocycles. The highest BCUT2D eigenvalue weighted by atomic mass is 16.2. The molecule has 116 valence electrons. The highest BCUT2D eigenvalue weighted by molar-refractivity contribution is 5.94. The van der Waals surface area contributed by atoms with Gasteiger partial charge in [-0.05, 0) is 36.8 Å². The van der Waals surface area contributed by atoms with E-state index in [2.05, 4.69) is 15.3 Å². The number of aromatic amines is 1. The van der Waals surface area contributed by atoms with Gasteiger partial charge in [0.25, 0.3) is 5.91 Å². The smallest absolute Gasteiger partial charge is 0.254 e. The summed E-state index contributed by atoms with van der Waals surface area (Å²) in [5.74, 6) is 0.0614. The minimum Gasteiger partial charge on any atom is -0.331 e. The summed E-state index contributed by atoms with van der Waals surface area (Å²) < 4.78 is 1.99. The maximum Gasteiger partial charge on any atom is 0.254 e. The number of H-pyrrole nitrogens is 1. The van der Waals surface area contributed by atoms with Gasteiger partial charge in [-0.15, -0.1) is 0 Å². The lowest BCUT2D eigenvalue weighted by Crippen LogP contribution is -2.38. The van der Waals surface area contributed by atoms with Gasteiger partial charge in [-0.1, -0.05) is 12.1 Å². The molecule has 3 heterocycles. The van der Waals surface area contributed by atoms with Crippen molar-refractivity contribution in [1.29, 1.82) is 0 Å². The molecule has 1 N–H and O–H groups in total. The Morgan fingerprint density at radius 1 is 1.17 bits per heavy atom. The van der Waals surface area contributed by atoms with Crippen molar-refractivity contribution in [2.24, 2.45) is 0 Å². The van der Waals surface area contributed by atoms with E-state index in [1.54, 1.807) is 6.20 Å². The largest absolute Gasteiger partial charge is 0.331 e. The second kappa shape index (κ2) is 5.39. The van der Waals surface area contributed by atoms with Crippen molar-refractivity contribution >= 4 is 5.91 Å². The first-order chi connectivity index (χ1) is 11.2. The molecule has 3 aromatic rings. The maximum atomic E-state index is 12.7. The minimum absolute atomic E-state index is 0.0614. The van der Waals surface area contributed by atoms with Crippen molar-refractivity contribution in [3.63, 3.8) is 0 Å². The second-order valence-corrected chi connectivity index (χ2v) is 5.77. The van der Waals surface area contributed by atoms with E-state index < -0.39 is 0 Å². The maximum absolute atomic E-state index is 12.7. The topological polar surface area (TPSA) is 66.8 Å². The van der Waals surface area contributed by atoms with Crippen molar-refractivity contribution in [2.45, 2.75) is 20.0 Å². The first-order valence-corrected chi connectivity index (χ1v) is 7.63. The van der Waals surface area contributed by atoms with Crippen LogP contribution in [0, 0.1) is 6.92 Å². The molecular formula is C17H17N5O. The normalized spacial score (nSPS) is 13.9. The van der Waals surface area contributed by atoms with E-state index in [1.807, 2.05) is 52.9 Å². The molecule has 0 atom stereocenters. The van der Waals surface area contributed by atoms with Gasteiger partial charge < -0.3 is 4.90 Å². The molecule has 0 radical (unpaired) electrons. The summed E-state index contributed by atoms with van der Waals surface area (Å²) in [5.41, 5.74) is 4.76. The van der Waals surface area contributed by atoms with Crippen LogP contribution in [0.25, 0.3) is 11.3 Å². The van der Waals surface area contributed by atoms with Crippen molar-refractivity contribution < 1.29 is 4.79 Å². The number of nitrogens with one attached hydrogen (secondary N) is 1. The fourth-order valence-corrected chi connectivity index (χ4v) is 2.97. The second-order valence-electron chi connectivity index (χ2n) is 5.77. The molecule has 6 nitrogen and oxygen atoms in total. The lowest BCUT2D eigenvalue weighted by Gasteiger charge is -2.27. The molecule has 6 heteroatoms. The zero-order valence-electron chi connectivity index (χ0n) is 12.9. The van der Waals surface area contributed by atoms with E-state index in [1.165, 1.54) is 0 Å². The van der Waals surface area contributed by atoms with Crippen molar-refractivity contribution in [2.75, 3.05) is 6.54 Å². The molecule has 4 rings (SSSR count). The minimum atomic E-state index is 0.0614. The number of carbonyl (C=O) groups excluding carboxylic acids is 1. The van der Waals surface area contributed by atoms with Crippen LogP contribution in [0.15, 0.2) is 42.6 Å². The van der Waals surface area contributed by atoms with Gasteiger partial charge in [-0.2, -0.15) is 10.2 Å². The number of hydrogen-bond donors (Lipinski definition) is 1. The zero-order chi connectivity index (χ0) is 15.8. The number of fused-ring (bicyclic) bond motifs is 1. The third kappa shape index (κ3) is 2.52. The van der Waals surface area contributed by atoms with Gasteiger partial charge in [0.1, 0.15) is 0 Å². The monoisotopic (exact) mass is 307 g/mol. The Bertz CT molecular complexity index is 833. The molecule has 0 bridgehead atoms. The molecule has 0 fully saturated rings. The van der Waals surface area contributed by atoms with Crippen LogP contribution in [0.5, 0.6) is 0 Å². The number of carbonyl (C=O) groups is 1. The Morgan fingerprint density at radius 3 is 2.74 bits per heavy atom. The Hall–Kier alpha value is -2.89. The molecule has 2 aromatic heterocycles. The summed E-state index contributed by atoms with van der Waals surface area (Å²) in [6.07, 6.45) is 1.72. The molecule has 0 saturated carbocycles. The molecule has 0 spiro atoms. The number of amides is 1. The number of aryl methyl sites for hydroxylation is 1. The van der Waals surface area contributed by atoms with Gasteiger partial charge in [-0.25, -0.2) is 0 Å². The van der Waals surface area contributed by atoms with Gasteiger partial charge in [0.05, 0.1) is 30.2 Å². The Balaban J connectivity index is 1.53. The molecule has 1 amide bonds. The van der Waals surface area contributed by atoms with E-state index in [-0.39, 0.29) is 5.91 Å². The number of benzene rings is 1. The summed E-state index contributed by atoms with van der Waals surface area (Å²) in [5, 5.41) is 11.3. The summed E-state index contributed by atoms with van der Waals surface area (Å²) in [6, 6.07) is 11.6. The highest BCUT2D eigenvalue weighted by Gasteiger charge is 2.22. The number of nitrogens with zero attached hydrogens (tertiary/aromatic N) is 4. The molecule has 1 aliphatic heterocycles. The van der Waals surface area contributed by atoms with Gasteiger partial charge in [0.2, 0.25) is 0 Å². The van der Waals surface area contributed by atoms with Crippen LogP contribution in [0.2, 0.25) is 0 Å². The average molecular weight is 307 g/mol. The van der Waals surface area contributed by atoms with Crippen molar-refractivity contribution in [3.8, 4) is 11.3 Å². The standard InChI is InChI=1S/C17H17N5O/c1-12-10-15-11-21(8-9-22(15)20-12)17(23)14-4-2-13(3-5-14)16-6-7-18-19-16/h2-7,10H,8-9,11H2,1H3,(H,18,19). The molecule has 0 unspecified atom stereocenters. The Morgan fingerprint density at radius 2 is 2.00 bits per heavy atom. The first kappa shape index (κ1) is 13.8. The summed E-state index contributed by atoms with van der Waals surface area (Å²) in [7, 11) is 0. The predicted molar refractivity (Wildman–Crippen MR) is 85.7 cm³/mol. The van der Waals surface area contributed by atoms with Crippen LogP contribution < -0.4 is 0 Å². The predicted octanol–water partition coefficient (Wildman–Crippen LogP) is 2.24. The SMILES string of the molecule is Cc1cc2n(n1)CCN(C(=O)c1ccc(-c3ccn[nH]3)cc1)C2. The number of rotatable bonds is 2. The van der Waals surface area contributed by atoms with Crippen LogP contribution >= 0.6 is 0 Å². The molecule has 0 saturated heterocycles. The molecular weight excluding hydrogens is 290 g/mol. The molecule has 0 aliphatic carbocycles. The Labute approximate surface area is 133 Å². The van der Waals surface area contributed by atoms with E-state index in [0.717, 1.165) is 29.2 Å². The third-order valence-corrected chi connectivity index (χ3v) is 4.15. The van der Waals surface area contributed by atoms with E-state index >= 15 is 0 Å². The van der Waals surface area contributed by atoms with Crippen LogP contribution in [-0.4, -0.2) is 37.3 Å². The third-order valence-electron chi connectivity index (χ3n) is 4.15. The van der Waals surface area contributed by atoms with Crippen molar-refractivity contribution in [3.05, 3.63) is 59.5 Å². The highest BCUT2D eigenvalue weighted by Crippen LogP contribution is 2.19. The van der Waals surface area contributed by atoms with Gasteiger partial charge in [0, 0.05) is 18.3 Å². The first-order valence-electron chi connectivity index (χ1n) is 7.63. The van der Waals surface area contributed by atoms with Gasteiger partial charge in [-0.3, -0.25) is 14.6 Å².